The molecule has 0 aliphatic carbocycles. The SMILES string of the molecule is CN(C(=O)c1ccnnc1)c1ccccc1/C(N)=N/O. The molecule has 0 saturated carbocycles. The number of carbonyl (C=O) groups excluding carboxylic acids is 1. The number of anilines is 1. The molecule has 2 rings (SSSR count). The van der Waals surface area contributed by atoms with Gasteiger partial charge in [-0.15, -0.1) is 0 Å². The lowest BCUT2D eigenvalue weighted by Crippen LogP contribution is -2.29. The van der Waals surface area contributed by atoms with E-state index >= 15 is 0 Å². The number of oxime groups is 1. The number of nitrogens with two attached hydrogens (primary N) is 1. The number of rotatable bonds is 3. The summed E-state index contributed by atoms with van der Waals surface area (Å²) in [6.07, 6.45) is 2.82. The molecule has 2 aromatic rings. The molecule has 0 aliphatic rings. The highest BCUT2D eigenvalue weighted by atomic mass is 16.4. The smallest absolute Gasteiger partial charge is 0.259 e. The quantitative estimate of drug-likeness (QED) is 0.372. The fourth-order valence-electron chi connectivity index (χ4n) is 1.76. The Morgan fingerprint density at radius 1 is 1.30 bits per heavy atom. The first kappa shape index (κ1) is 13.5. The third-order valence-corrected chi connectivity index (χ3v) is 2.78. The first-order chi connectivity index (χ1) is 9.65. The monoisotopic (exact) mass is 271 g/mol. The summed E-state index contributed by atoms with van der Waals surface area (Å²) < 4.78 is 0. The second-order valence-electron chi connectivity index (χ2n) is 4.00. The van der Waals surface area contributed by atoms with Gasteiger partial charge in [-0.1, -0.05) is 17.3 Å². The third-order valence-electron chi connectivity index (χ3n) is 2.78. The first-order valence-electron chi connectivity index (χ1n) is 5.77. The van der Waals surface area contributed by atoms with Crippen molar-refractivity contribution in [3.8, 4) is 0 Å². The van der Waals surface area contributed by atoms with Crippen molar-refractivity contribution in [3.05, 3.63) is 53.9 Å². The van der Waals surface area contributed by atoms with E-state index in [0.717, 1.165) is 0 Å². The zero-order chi connectivity index (χ0) is 14.5. The van der Waals surface area contributed by atoms with Crippen LogP contribution in [-0.2, 0) is 0 Å². The fourth-order valence-corrected chi connectivity index (χ4v) is 1.76. The van der Waals surface area contributed by atoms with Crippen molar-refractivity contribution in [2.75, 3.05) is 11.9 Å². The van der Waals surface area contributed by atoms with Crippen LogP contribution in [0, 0.1) is 0 Å². The maximum atomic E-state index is 12.3. The molecule has 0 saturated heterocycles. The highest BCUT2D eigenvalue weighted by molar-refractivity contribution is 6.10. The molecule has 0 radical (unpaired) electrons. The Morgan fingerprint density at radius 3 is 2.70 bits per heavy atom. The minimum absolute atomic E-state index is 0.0619. The van der Waals surface area contributed by atoms with Crippen LogP contribution in [0.15, 0.2) is 47.9 Å². The average Bonchev–Trinajstić information content (AvgIpc) is 2.53. The van der Waals surface area contributed by atoms with Gasteiger partial charge in [0, 0.05) is 12.6 Å². The van der Waals surface area contributed by atoms with E-state index in [9.17, 15) is 4.79 Å². The maximum absolute atomic E-state index is 12.3. The molecule has 1 heterocycles. The summed E-state index contributed by atoms with van der Waals surface area (Å²) in [5.41, 5.74) is 7.01. The number of carbonyl (C=O) groups is 1. The van der Waals surface area contributed by atoms with Gasteiger partial charge >= 0.3 is 0 Å². The molecule has 0 unspecified atom stereocenters. The van der Waals surface area contributed by atoms with E-state index in [1.807, 2.05) is 0 Å². The molecule has 0 spiro atoms. The van der Waals surface area contributed by atoms with Crippen molar-refractivity contribution in [1.29, 1.82) is 0 Å². The highest BCUT2D eigenvalue weighted by Crippen LogP contribution is 2.20. The van der Waals surface area contributed by atoms with E-state index in [2.05, 4.69) is 15.4 Å². The van der Waals surface area contributed by atoms with Crippen LogP contribution >= 0.6 is 0 Å². The number of hydrogen-bond acceptors (Lipinski definition) is 5. The highest BCUT2D eigenvalue weighted by Gasteiger charge is 2.17. The Bertz CT molecular complexity index is 642. The number of amidine groups is 1. The largest absolute Gasteiger partial charge is 0.409 e. The van der Waals surface area contributed by atoms with Gasteiger partial charge in [-0.2, -0.15) is 10.2 Å². The van der Waals surface area contributed by atoms with Crippen LogP contribution in [0.4, 0.5) is 5.69 Å². The fraction of sp³-hybridized carbons (Fsp3) is 0.0769. The van der Waals surface area contributed by atoms with Crippen molar-refractivity contribution in [3.63, 3.8) is 0 Å². The Morgan fingerprint density at radius 2 is 2.05 bits per heavy atom. The molecule has 102 valence electrons. The molecule has 1 amide bonds. The summed E-state index contributed by atoms with van der Waals surface area (Å²) >= 11 is 0. The molecule has 1 aromatic heterocycles. The van der Waals surface area contributed by atoms with Crippen LogP contribution in [0.2, 0.25) is 0 Å². The van der Waals surface area contributed by atoms with Crippen molar-refractivity contribution in [1.82, 2.24) is 10.2 Å². The summed E-state index contributed by atoms with van der Waals surface area (Å²) in [5.74, 6) is -0.328. The molecule has 0 aliphatic heterocycles. The Labute approximate surface area is 115 Å². The van der Waals surface area contributed by atoms with Crippen LogP contribution < -0.4 is 10.6 Å². The Hall–Kier alpha value is -2.96. The van der Waals surface area contributed by atoms with Gasteiger partial charge in [0.1, 0.15) is 0 Å². The molecular formula is C13H13N5O2. The topological polar surface area (TPSA) is 105 Å². The molecule has 3 N–H and O–H groups in total. The molecular weight excluding hydrogens is 258 g/mol. The third kappa shape index (κ3) is 2.56. The lowest BCUT2D eigenvalue weighted by atomic mass is 10.1. The number of aromatic nitrogens is 2. The Balaban J connectivity index is 2.39. The molecule has 7 heteroatoms. The first-order valence-corrected chi connectivity index (χ1v) is 5.77. The van der Waals surface area contributed by atoms with Gasteiger partial charge in [-0.25, -0.2) is 0 Å². The number of nitrogens with zero attached hydrogens (tertiary/aromatic N) is 4. The second kappa shape index (κ2) is 5.79. The van der Waals surface area contributed by atoms with Crippen molar-refractivity contribution >= 4 is 17.4 Å². The van der Waals surface area contributed by atoms with Gasteiger partial charge < -0.3 is 15.8 Å². The summed E-state index contributed by atoms with van der Waals surface area (Å²) in [5, 5.41) is 19.1. The second-order valence-corrected chi connectivity index (χ2v) is 4.00. The summed E-state index contributed by atoms with van der Waals surface area (Å²) in [4.78, 5) is 13.7. The lowest BCUT2D eigenvalue weighted by molar-refractivity contribution is 0.0992. The van der Waals surface area contributed by atoms with E-state index in [0.29, 0.717) is 16.8 Å². The minimum atomic E-state index is -0.266. The van der Waals surface area contributed by atoms with Gasteiger partial charge in [0.05, 0.1) is 23.6 Å². The number of benzene rings is 1. The molecule has 20 heavy (non-hydrogen) atoms. The van der Waals surface area contributed by atoms with Gasteiger partial charge in [0.2, 0.25) is 0 Å². The minimum Gasteiger partial charge on any atom is -0.409 e. The molecule has 1 aromatic carbocycles. The number of para-hydroxylation sites is 1. The molecule has 7 nitrogen and oxygen atoms in total. The number of hydrogen-bond donors (Lipinski definition) is 2. The van der Waals surface area contributed by atoms with Gasteiger partial charge in [0.25, 0.3) is 5.91 Å². The van der Waals surface area contributed by atoms with Crippen LogP contribution in [0.3, 0.4) is 0 Å². The van der Waals surface area contributed by atoms with Crippen LogP contribution in [0.5, 0.6) is 0 Å². The summed E-state index contributed by atoms with van der Waals surface area (Å²) in [6.45, 7) is 0. The number of amides is 1. The van der Waals surface area contributed by atoms with Crippen molar-refractivity contribution in [2.45, 2.75) is 0 Å². The zero-order valence-corrected chi connectivity index (χ0v) is 10.8. The maximum Gasteiger partial charge on any atom is 0.259 e. The van der Waals surface area contributed by atoms with Crippen molar-refractivity contribution in [2.24, 2.45) is 10.9 Å². The van der Waals surface area contributed by atoms with Crippen LogP contribution in [0.25, 0.3) is 0 Å². The molecule has 0 atom stereocenters. The van der Waals surface area contributed by atoms with E-state index in [-0.39, 0.29) is 11.7 Å². The summed E-state index contributed by atoms with van der Waals surface area (Å²) in [7, 11) is 1.60. The van der Waals surface area contributed by atoms with Gasteiger partial charge in [0.15, 0.2) is 5.84 Å². The lowest BCUT2D eigenvalue weighted by Gasteiger charge is -2.20. The average molecular weight is 271 g/mol. The van der Waals surface area contributed by atoms with Crippen LogP contribution in [0.1, 0.15) is 15.9 Å². The summed E-state index contributed by atoms with van der Waals surface area (Å²) in [6, 6.07) is 8.44. The van der Waals surface area contributed by atoms with E-state index < -0.39 is 0 Å². The van der Waals surface area contributed by atoms with E-state index in [1.54, 1.807) is 37.4 Å². The van der Waals surface area contributed by atoms with Crippen LogP contribution in [-0.4, -0.2) is 34.2 Å². The van der Waals surface area contributed by atoms with Crippen molar-refractivity contribution < 1.29 is 10.0 Å². The zero-order valence-electron chi connectivity index (χ0n) is 10.8. The van der Waals surface area contributed by atoms with Gasteiger partial charge in [-0.3, -0.25) is 4.79 Å². The predicted molar refractivity (Wildman–Crippen MR) is 73.7 cm³/mol. The predicted octanol–water partition coefficient (Wildman–Crippen LogP) is 0.848. The molecule has 0 fully saturated rings. The van der Waals surface area contributed by atoms with E-state index in [4.69, 9.17) is 10.9 Å². The normalized spacial score (nSPS) is 11.2. The Kier molecular flexibility index (Phi) is 3.90. The standard InChI is InChI=1S/C13H13N5O2/c1-18(13(19)9-6-7-15-16-8-9)11-5-3-2-4-10(11)12(14)17-20/h2-8,20H,1H3,(H2,14,17). The van der Waals surface area contributed by atoms with Gasteiger partial charge in [-0.05, 0) is 18.2 Å². The molecule has 0 bridgehead atoms. The van der Waals surface area contributed by atoms with E-state index in [1.165, 1.54) is 17.3 Å².